The molecule has 0 radical (unpaired) electrons. The molecule has 0 saturated heterocycles. The van der Waals surface area contributed by atoms with Gasteiger partial charge in [-0.15, -0.1) is 0 Å². The second-order valence-corrected chi connectivity index (χ2v) is 6.77. The number of ether oxygens (including phenoxy) is 2. The normalized spacial score (nSPS) is 13.1. The van der Waals surface area contributed by atoms with E-state index in [2.05, 4.69) is 31.9 Å². The Bertz CT molecular complexity index is 568. The van der Waals surface area contributed by atoms with Gasteiger partial charge in [0.1, 0.15) is 21.2 Å². The molecule has 2 unspecified atom stereocenters. The summed E-state index contributed by atoms with van der Waals surface area (Å²) in [6.07, 6.45) is 0. The van der Waals surface area contributed by atoms with Crippen molar-refractivity contribution in [2.24, 2.45) is 0 Å². The number of rotatable bonds is 5. The minimum absolute atomic E-state index is 0.0568. The van der Waals surface area contributed by atoms with Crippen molar-refractivity contribution in [3.63, 3.8) is 0 Å². The topological polar surface area (TPSA) is 92.7 Å². The minimum Gasteiger partial charge on any atom is -0.545 e. The highest BCUT2D eigenvalue weighted by Crippen LogP contribution is 2.26. The molecule has 0 aliphatic carbocycles. The molecule has 0 aliphatic rings. The molecule has 114 valence electrons. The molecular weight excluding hydrogens is 412 g/mol. The van der Waals surface area contributed by atoms with Crippen molar-refractivity contribution in [2.45, 2.75) is 23.5 Å². The Hall–Kier alpha value is -1.41. The largest absolute Gasteiger partial charge is 0.545 e. The molecule has 6 nitrogen and oxygen atoms in total. The number of carboxylic acid groups (broad SMARTS) is 1. The maximum atomic E-state index is 11.5. The van der Waals surface area contributed by atoms with Crippen molar-refractivity contribution >= 4 is 49.8 Å². The monoisotopic (exact) mass is 421 g/mol. The van der Waals surface area contributed by atoms with Crippen LogP contribution >= 0.6 is 31.9 Å². The molecule has 0 saturated carbocycles. The predicted octanol–water partition coefficient (Wildman–Crippen LogP) is 1.43. The van der Waals surface area contributed by atoms with Gasteiger partial charge in [0.05, 0.1) is 5.97 Å². The number of alkyl halides is 2. The summed E-state index contributed by atoms with van der Waals surface area (Å²) in [7, 11) is 0. The molecule has 1 rings (SSSR count). The molecule has 0 heterocycles. The highest BCUT2D eigenvalue weighted by atomic mass is 79.9. The Kier molecular flexibility index (Phi) is 6.35. The van der Waals surface area contributed by atoms with Crippen LogP contribution in [0.2, 0.25) is 0 Å². The van der Waals surface area contributed by atoms with Crippen molar-refractivity contribution in [2.75, 3.05) is 0 Å². The van der Waals surface area contributed by atoms with Crippen molar-refractivity contribution in [3.05, 3.63) is 23.8 Å². The first kappa shape index (κ1) is 17.6. The summed E-state index contributed by atoms with van der Waals surface area (Å²) >= 11 is 6.05. The second-order valence-electron chi connectivity index (χ2n) is 4.02. The molecule has 0 aliphatic heterocycles. The van der Waals surface area contributed by atoms with Crippen molar-refractivity contribution in [1.82, 2.24) is 0 Å². The van der Waals surface area contributed by atoms with Gasteiger partial charge < -0.3 is 19.4 Å². The van der Waals surface area contributed by atoms with Gasteiger partial charge in [-0.3, -0.25) is 9.59 Å². The number of halogens is 2. The van der Waals surface area contributed by atoms with E-state index in [1.165, 1.54) is 13.0 Å². The van der Waals surface area contributed by atoms with Gasteiger partial charge in [-0.2, -0.15) is 0 Å². The molecule has 0 amide bonds. The fourth-order valence-corrected chi connectivity index (χ4v) is 1.39. The van der Waals surface area contributed by atoms with Gasteiger partial charge in [0, 0.05) is 11.6 Å². The first-order valence-electron chi connectivity index (χ1n) is 5.79. The summed E-state index contributed by atoms with van der Waals surface area (Å²) in [5.74, 6) is -2.95. The van der Waals surface area contributed by atoms with E-state index in [9.17, 15) is 19.5 Å². The summed E-state index contributed by atoms with van der Waals surface area (Å²) in [4.78, 5) is 32.8. The molecule has 0 aromatic heterocycles. The lowest BCUT2D eigenvalue weighted by atomic mass is 10.2. The summed E-state index contributed by atoms with van der Waals surface area (Å²) in [6, 6.07) is 3.55. The van der Waals surface area contributed by atoms with E-state index in [4.69, 9.17) is 9.47 Å². The number of carbonyl (C=O) groups is 3. The van der Waals surface area contributed by atoms with Gasteiger partial charge in [0.15, 0.2) is 0 Å². The summed E-state index contributed by atoms with van der Waals surface area (Å²) in [5.41, 5.74) is -0.316. The van der Waals surface area contributed by atoms with Crippen LogP contribution in [0, 0.1) is 0 Å². The van der Waals surface area contributed by atoms with Crippen LogP contribution in [0.3, 0.4) is 0 Å². The third kappa shape index (κ3) is 5.13. The SMILES string of the molecule is CC(Br)C(=O)Oc1ccc(C(=O)[O-])c(OC(=O)C(C)Br)c1. The quantitative estimate of drug-likeness (QED) is 0.404. The lowest BCUT2D eigenvalue weighted by Gasteiger charge is -2.13. The number of carboxylic acids is 1. The minimum atomic E-state index is -1.51. The number of esters is 2. The molecule has 1 aromatic rings. The zero-order chi connectivity index (χ0) is 16.2. The Labute approximate surface area is 137 Å². The van der Waals surface area contributed by atoms with Gasteiger partial charge in [-0.25, -0.2) is 0 Å². The number of carbonyl (C=O) groups excluding carboxylic acids is 3. The molecule has 0 fully saturated rings. The highest BCUT2D eigenvalue weighted by molar-refractivity contribution is 9.10. The molecule has 1 aromatic carbocycles. The Balaban J connectivity index is 3.09. The summed E-state index contributed by atoms with van der Waals surface area (Å²) < 4.78 is 9.93. The Morgan fingerprint density at radius 2 is 1.57 bits per heavy atom. The number of hydrogen-bond donors (Lipinski definition) is 0. The van der Waals surface area contributed by atoms with Crippen LogP contribution in [-0.4, -0.2) is 27.6 Å². The third-order valence-corrected chi connectivity index (χ3v) is 3.00. The highest BCUT2D eigenvalue weighted by Gasteiger charge is 2.17. The van der Waals surface area contributed by atoms with Gasteiger partial charge in [0.2, 0.25) is 0 Å². The Morgan fingerprint density at radius 1 is 1.05 bits per heavy atom. The average molecular weight is 423 g/mol. The first-order valence-corrected chi connectivity index (χ1v) is 7.62. The average Bonchev–Trinajstić information content (AvgIpc) is 2.38. The lowest BCUT2D eigenvalue weighted by Crippen LogP contribution is -2.25. The van der Waals surface area contributed by atoms with Gasteiger partial charge >= 0.3 is 11.9 Å². The van der Waals surface area contributed by atoms with E-state index in [1.807, 2.05) is 0 Å². The van der Waals surface area contributed by atoms with Crippen LogP contribution in [0.25, 0.3) is 0 Å². The van der Waals surface area contributed by atoms with Crippen molar-refractivity contribution in [1.29, 1.82) is 0 Å². The predicted molar refractivity (Wildman–Crippen MR) is 78.8 cm³/mol. The van der Waals surface area contributed by atoms with E-state index in [0.717, 1.165) is 12.1 Å². The Morgan fingerprint density at radius 3 is 2.05 bits per heavy atom. The molecule has 0 spiro atoms. The van der Waals surface area contributed by atoms with Crippen LogP contribution in [0.1, 0.15) is 24.2 Å². The summed E-state index contributed by atoms with van der Waals surface area (Å²) in [6.45, 7) is 3.10. The van der Waals surface area contributed by atoms with Crippen LogP contribution in [-0.2, 0) is 9.59 Å². The fraction of sp³-hybridized carbons (Fsp3) is 0.308. The van der Waals surface area contributed by atoms with E-state index in [1.54, 1.807) is 6.92 Å². The number of benzene rings is 1. The zero-order valence-electron chi connectivity index (χ0n) is 11.1. The third-order valence-electron chi connectivity index (χ3n) is 2.25. The van der Waals surface area contributed by atoms with Gasteiger partial charge in [0.25, 0.3) is 0 Å². The van der Waals surface area contributed by atoms with Crippen LogP contribution in [0.15, 0.2) is 18.2 Å². The van der Waals surface area contributed by atoms with E-state index >= 15 is 0 Å². The zero-order valence-corrected chi connectivity index (χ0v) is 14.3. The number of aromatic carboxylic acids is 1. The van der Waals surface area contributed by atoms with Crippen LogP contribution in [0.5, 0.6) is 11.5 Å². The molecular formula is C13H11Br2O6-. The molecule has 8 heteroatoms. The van der Waals surface area contributed by atoms with Crippen LogP contribution < -0.4 is 14.6 Å². The van der Waals surface area contributed by atoms with Gasteiger partial charge in [-0.05, 0) is 26.0 Å². The van der Waals surface area contributed by atoms with E-state index in [0.29, 0.717) is 0 Å². The molecule has 2 atom stereocenters. The van der Waals surface area contributed by atoms with E-state index in [-0.39, 0.29) is 17.1 Å². The smallest absolute Gasteiger partial charge is 0.324 e. The fourth-order valence-electron chi connectivity index (χ4n) is 1.21. The molecule has 0 N–H and O–H groups in total. The van der Waals surface area contributed by atoms with Crippen molar-refractivity contribution < 1.29 is 29.0 Å². The summed E-state index contributed by atoms with van der Waals surface area (Å²) in [5, 5.41) is 11.0. The van der Waals surface area contributed by atoms with Crippen LogP contribution in [0.4, 0.5) is 0 Å². The maximum absolute atomic E-state index is 11.5. The number of hydrogen-bond acceptors (Lipinski definition) is 6. The molecule has 21 heavy (non-hydrogen) atoms. The first-order chi connectivity index (χ1) is 9.72. The second kappa shape index (κ2) is 7.56. The standard InChI is InChI=1S/C13H12Br2O6/c1-6(14)12(18)20-8-3-4-9(11(16)17)10(5-8)21-13(19)7(2)15/h3-7H,1-2H3,(H,16,17)/p-1. The van der Waals surface area contributed by atoms with E-state index < -0.39 is 27.6 Å². The maximum Gasteiger partial charge on any atom is 0.324 e. The van der Waals surface area contributed by atoms with Gasteiger partial charge in [-0.1, -0.05) is 31.9 Å². The molecule has 0 bridgehead atoms. The van der Waals surface area contributed by atoms with Crippen molar-refractivity contribution in [3.8, 4) is 11.5 Å². The lowest BCUT2D eigenvalue weighted by molar-refractivity contribution is -0.255.